The van der Waals surface area contributed by atoms with Crippen LogP contribution in [0.2, 0.25) is 5.15 Å². The summed E-state index contributed by atoms with van der Waals surface area (Å²) in [6.07, 6.45) is 4.70. The standard InChI is InChI=1S/C28H32ClN7O2/c1-3-4-11-25-30-26(29)24(18-38-28(37)23-10-7-16-35(23)2)36(25)17-19-12-14-20(15-13-19)21-8-5-6-9-22(21)27-31-33-34-32-27/h5-6,8-9,12-15,23H,3-4,7,10-11,16-18H2,1-2H3,(H,31,32,33,34)/t23-/m1/s1. The van der Waals surface area contributed by atoms with E-state index in [4.69, 9.17) is 16.3 Å². The predicted octanol–water partition coefficient (Wildman–Crippen LogP) is 4.91. The van der Waals surface area contributed by atoms with Gasteiger partial charge in [-0.15, -0.1) is 10.2 Å². The molecule has 5 rings (SSSR count). The van der Waals surface area contributed by atoms with Crippen molar-refractivity contribution in [3.8, 4) is 22.5 Å². The van der Waals surface area contributed by atoms with E-state index in [2.05, 4.69) is 61.4 Å². The molecule has 0 spiro atoms. The van der Waals surface area contributed by atoms with Gasteiger partial charge in [0.25, 0.3) is 0 Å². The second-order valence-corrected chi connectivity index (χ2v) is 10.0. The Bertz CT molecular complexity index is 1370. The number of imidazole rings is 1. The number of aryl methyl sites for hydroxylation is 1. The topological polar surface area (TPSA) is 102 Å². The Labute approximate surface area is 227 Å². The van der Waals surface area contributed by atoms with Crippen molar-refractivity contribution in [2.24, 2.45) is 0 Å². The first-order chi connectivity index (χ1) is 18.5. The Balaban J connectivity index is 1.37. The fourth-order valence-corrected chi connectivity index (χ4v) is 5.23. The Kier molecular flexibility index (Phi) is 8.14. The molecule has 1 aliphatic heterocycles. The number of carbonyl (C=O) groups excluding carboxylic acids is 1. The number of hydrogen-bond donors (Lipinski definition) is 1. The van der Waals surface area contributed by atoms with Crippen LogP contribution in [0.4, 0.5) is 0 Å². The maximum Gasteiger partial charge on any atom is 0.323 e. The third-order valence-electron chi connectivity index (χ3n) is 7.12. The molecule has 0 saturated carbocycles. The summed E-state index contributed by atoms with van der Waals surface area (Å²) < 4.78 is 7.84. The van der Waals surface area contributed by atoms with Gasteiger partial charge in [0.2, 0.25) is 5.82 Å². The van der Waals surface area contributed by atoms with Gasteiger partial charge in [0.1, 0.15) is 18.5 Å². The lowest BCUT2D eigenvalue weighted by Gasteiger charge is -2.18. The van der Waals surface area contributed by atoms with Crippen molar-refractivity contribution in [1.29, 1.82) is 0 Å². The van der Waals surface area contributed by atoms with E-state index in [1.807, 2.05) is 36.2 Å². The second kappa shape index (κ2) is 11.9. The third-order valence-corrected chi connectivity index (χ3v) is 7.42. The minimum absolute atomic E-state index is 0.108. The summed E-state index contributed by atoms with van der Waals surface area (Å²) in [5.74, 6) is 1.27. The first-order valence-corrected chi connectivity index (χ1v) is 13.5. The van der Waals surface area contributed by atoms with Crippen molar-refractivity contribution in [3.63, 3.8) is 0 Å². The highest BCUT2D eigenvalue weighted by Crippen LogP contribution is 2.30. The number of carbonyl (C=O) groups is 1. The highest BCUT2D eigenvalue weighted by Gasteiger charge is 2.29. The Morgan fingerprint density at radius 1 is 1.16 bits per heavy atom. The molecule has 3 heterocycles. The number of likely N-dealkylation sites (N-methyl/N-ethyl adjacent to an activating group) is 1. The normalized spacial score (nSPS) is 15.7. The number of unbranched alkanes of at least 4 members (excludes halogenated alkanes) is 1. The quantitative estimate of drug-likeness (QED) is 0.289. The molecule has 4 aromatic rings. The van der Waals surface area contributed by atoms with Crippen molar-refractivity contribution < 1.29 is 9.53 Å². The molecule has 0 bridgehead atoms. The summed E-state index contributed by atoms with van der Waals surface area (Å²) in [7, 11) is 1.96. The Hall–Kier alpha value is -3.56. The molecule has 38 heavy (non-hydrogen) atoms. The molecule has 0 aliphatic carbocycles. The number of esters is 1. The molecule has 0 unspecified atom stereocenters. The number of aromatic nitrogens is 6. The molecular formula is C28H32ClN7O2. The van der Waals surface area contributed by atoms with E-state index in [1.54, 1.807) is 0 Å². The van der Waals surface area contributed by atoms with E-state index in [0.717, 1.165) is 72.4 Å². The smallest absolute Gasteiger partial charge is 0.323 e. The average Bonchev–Trinajstić information content (AvgIpc) is 3.68. The SMILES string of the molecule is CCCCc1nc(Cl)c(COC(=O)[C@H]2CCCN2C)n1Cc1ccc(-c2ccccc2-c2nn[nH]n2)cc1. The van der Waals surface area contributed by atoms with E-state index >= 15 is 0 Å². The lowest BCUT2D eigenvalue weighted by Crippen LogP contribution is -2.34. The number of likely N-dealkylation sites (tertiary alicyclic amines) is 1. The molecule has 198 valence electrons. The van der Waals surface area contributed by atoms with E-state index in [0.29, 0.717) is 17.5 Å². The zero-order valence-electron chi connectivity index (χ0n) is 21.7. The van der Waals surface area contributed by atoms with Gasteiger partial charge in [-0.2, -0.15) is 5.21 Å². The molecule has 0 radical (unpaired) electrons. The van der Waals surface area contributed by atoms with Gasteiger partial charge in [-0.3, -0.25) is 9.69 Å². The summed E-state index contributed by atoms with van der Waals surface area (Å²) >= 11 is 6.59. The fraction of sp³-hybridized carbons (Fsp3) is 0.393. The number of nitrogens with one attached hydrogen (secondary N) is 1. The van der Waals surface area contributed by atoms with Crippen LogP contribution in [-0.2, 0) is 29.1 Å². The first-order valence-electron chi connectivity index (χ1n) is 13.1. The summed E-state index contributed by atoms with van der Waals surface area (Å²) in [5.41, 5.74) is 4.83. The largest absolute Gasteiger partial charge is 0.458 e. The van der Waals surface area contributed by atoms with Crippen molar-refractivity contribution in [1.82, 2.24) is 35.1 Å². The number of hydrogen-bond acceptors (Lipinski definition) is 7. The number of ether oxygens (including phenoxy) is 1. The van der Waals surface area contributed by atoms with Crippen LogP contribution in [0.25, 0.3) is 22.5 Å². The average molecular weight is 534 g/mol. The van der Waals surface area contributed by atoms with Gasteiger partial charge in [0.15, 0.2) is 5.15 Å². The van der Waals surface area contributed by atoms with E-state index < -0.39 is 0 Å². The molecule has 1 saturated heterocycles. The minimum Gasteiger partial charge on any atom is -0.458 e. The van der Waals surface area contributed by atoms with E-state index in [1.165, 1.54) is 0 Å². The van der Waals surface area contributed by atoms with Crippen LogP contribution in [0.5, 0.6) is 0 Å². The molecular weight excluding hydrogens is 502 g/mol. The van der Waals surface area contributed by atoms with E-state index in [9.17, 15) is 4.79 Å². The van der Waals surface area contributed by atoms with Gasteiger partial charge in [-0.1, -0.05) is 73.5 Å². The Morgan fingerprint density at radius 2 is 1.95 bits per heavy atom. The van der Waals surface area contributed by atoms with Crippen LogP contribution in [0.1, 0.15) is 49.7 Å². The summed E-state index contributed by atoms with van der Waals surface area (Å²) in [6.45, 7) is 3.76. The summed E-state index contributed by atoms with van der Waals surface area (Å²) in [4.78, 5) is 19.4. The molecule has 1 N–H and O–H groups in total. The zero-order chi connectivity index (χ0) is 26.5. The van der Waals surface area contributed by atoms with Gasteiger partial charge in [-0.25, -0.2) is 4.98 Å². The molecule has 1 fully saturated rings. The third kappa shape index (κ3) is 5.63. The highest BCUT2D eigenvalue weighted by atomic mass is 35.5. The van der Waals surface area contributed by atoms with Crippen LogP contribution < -0.4 is 0 Å². The van der Waals surface area contributed by atoms with Crippen LogP contribution >= 0.6 is 11.6 Å². The van der Waals surface area contributed by atoms with Gasteiger partial charge in [0, 0.05) is 18.5 Å². The molecule has 2 aromatic heterocycles. The van der Waals surface area contributed by atoms with Gasteiger partial charge >= 0.3 is 5.97 Å². The summed E-state index contributed by atoms with van der Waals surface area (Å²) in [5, 5.41) is 14.9. The van der Waals surface area contributed by atoms with Crippen LogP contribution in [0.15, 0.2) is 48.5 Å². The lowest BCUT2D eigenvalue weighted by molar-refractivity contribution is -0.150. The van der Waals surface area contributed by atoms with Crippen molar-refractivity contribution in [2.45, 2.75) is 58.2 Å². The molecule has 1 atom stereocenters. The van der Waals surface area contributed by atoms with Crippen LogP contribution in [0.3, 0.4) is 0 Å². The lowest BCUT2D eigenvalue weighted by atomic mass is 9.98. The fourth-order valence-electron chi connectivity index (χ4n) is 4.98. The van der Waals surface area contributed by atoms with Crippen LogP contribution in [-0.4, -0.2) is 60.7 Å². The number of rotatable bonds is 10. The summed E-state index contributed by atoms with van der Waals surface area (Å²) in [6, 6.07) is 16.2. The Morgan fingerprint density at radius 3 is 2.63 bits per heavy atom. The number of H-pyrrole nitrogens is 1. The van der Waals surface area contributed by atoms with Crippen molar-refractivity contribution in [2.75, 3.05) is 13.6 Å². The van der Waals surface area contributed by atoms with Gasteiger partial charge < -0.3 is 9.30 Å². The molecule has 1 aliphatic rings. The number of benzene rings is 2. The molecule has 10 heteroatoms. The predicted molar refractivity (Wildman–Crippen MR) is 145 cm³/mol. The monoisotopic (exact) mass is 533 g/mol. The van der Waals surface area contributed by atoms with Crippen molar-refractivity contribution in [3.05, 3.63) is 70.8 Å². The number of aromatic amines is 1. The van der Waals surface area contributed by atoms with Gasteiger partial charge in [-0.05, 0) is 54.8 Å². The molecule has 2 aromatic carbocycles. The number of nitrogens with zero attached hydrogens (tertiary/aromatic N) is 6. The number of halogens is 1. The number of tetrazole rings is 1. The molecule has 0 amide bonds. The van der Waals surface area contributed by atoms with Crippen molar-refractivity contribution >= 4 is 17.6 Å². The van der Waals surface area contributed by atoms with E-state index in [-0.39, 0.29) is 18.6 Å². The van der Waals surface area contributed by atoms with Crippen LogP contribution in [0, 0.1) is 0 Å². The highest BCUT2D eigenvalue weighted by molar-refractivity contribution is 6.30. The zero-order valence-corrected chi connectivity index (χ0v) is 22.5. The molecule has 9 nitrogen and oxygen atoms in total. The maximum absolute atomic E-state index is 12.7. The first kappa shape index (κ1) is 26.1. The minimum atomic E-state index is -0.200. The van der Waals surface area contributed by atoms with Gasteiger partial charge in [0.05, 0.1) is 5.69 Å². The maximum atomic E-state index is 12.7. The second-order valence-electron chi connectivity index (χ2n) is 9.68.